The lowest BCUT2D eigenvalue weighted by Gasteiger charge is -2.29. The average molecular weight is 243 g/mol. The molecule has 96 valence electrons. The van der Waals surface area contributed by atoms with Gasteiger partial charge in [0.15, 0.2) is 0 Å². The molecule has 1 unspecified atom stereocenters. The van der Waals surface area contributed by atoms with Crippen molar-refractivity contribution in [2.75, 3.05) is 6.54 Å². The van der Waals surface area contributed by atoms with Crippen molar-refractivity contribution in [1.82, 2.24) is 5.32 Å². The normalized spacial score (nSPS) is 28.4. The van der Waals surface area contributed by atoms with Crippen LogP contribution < -0.4 is 5.32 Å². The molecule has 1 aliphatic rings. The van der Waals surface area contributed by atoms with Crippen LogP contribution in [0, 0.1) is 17.8 Å². The fourth-order valence-corrected chi connectivity index (χ4v) is 2.25. The summed E-state index contributed by atoms with van der Waals surface area (Å²) in [5.74, 6) is -4.28. The molecule has 1 saturated carbocycles. The van der Waals surface area contributed by atoms with Crippen LogP contribution >= 0.6 is 0 Å². The van der Waals surface area contributed by atoms with E-state index in [4.69, 9.17) is 10.2 Å². The summed E-state index contributed by atoms with van der Waals surface area (Å²) in [6.07, 6.45) is 0.566. The first kappa shape index (κ1) is 13.5. The fraction of sp³-hybridized carbons (Fsp3) is 0.727. The standard InChI is InChI=1S/C11H17NO5/c1-2-12-9(13)6-3-7(10(14)15)5-8(4-6)11(16)17/h6-8H,2-5H2,1H3,(H,12,13)(H,14,15)(H,16,17)/t6?,7-,8+. The summed E-state index contributed by atoms with van der Waals surface area (Å²) in [5, 5.41) is 20.5. The molecule has 6 nitrogen and oxygen atoms in total. The maximum atomic E-state index is 11.6. The zero-order valence-corrected chi connectivity index (χ0v) is 9.68. The molecule has 0 heterocycles. The summed E-state index contributed by atoms with van der Waals surface area (Å²) in [4.78, 5) is 33.5. The monoisotopic (exact) mass is 243 g/mol. The summed E-state index contributed by atoms with van der Waals surface area (Å²) in [6, 6.07) is 0. The number of nitrogens with one attached hydrogen (secondary N) is 1. The van der Waals surface area contributed by atoms with E-state index in [1.807, 2.05) is 0 Å². The van der Waals surface area contributed by atoms with Gasteiger partial charge in [-0.05, 0) is 26.2 Å². The molecule has 1 fully saturated rings. The maximum Gasteiger partial charge on any atom is 0.306 e. The smallest absolute Gasteiger partial charge is 0.306 e. The van der Waals surface area contributed by atoms with Crippen LogP contribution in [0.5, 0.6) is 0 Å². The highest BCUT2D eigenvalue weighted by molar-refractivity contribution is 5.82. The molecule has 3 atom stereocenters. The molecule has 0 spiro atoms. The Balaban J connectivity index is 2.74. The van der Waals surface area contributed by atoms with E-state index in [1.165, 1.54) is 0 Å². The third-order valence-electron chi connectivity index (χ3n) is 3.13. The van der Waals surface area contributed by atoms with Crippen molar-refractivity contribution in [2.24, 2.45) is 17.8 Å². The van der Waals surface area contributed by atoms with Crippen LogP contribution in [0.25, 0.3) is 0 Å². The number of carbonyl (C=O) groups excluding carboxylic acids is 1. The van der Waals surface area contributed by atoms with E-state index >= 15 is 0 Å². The highest BCUT2D eigenvalue weighted by Crippen LogP contribution is 2.34. The van der Waals surface area contributed by atoms with Crippen molar-refractivity contribution in [3.05, 3.63) is 0 Å². The molecular formula is C11H17NO5. The van der Waals surface area contributed by atoms with Crippen LogP contribution in [-0.4, -0.2) is 34.6 Å². The van der Waals surface area contributed by atoms with Crippen molar-refractivity contribution in [2.45, 2.75) is 26.2 Å². The first-order valence-electron chi connectivity index (χ1n) is 5.69. The minimum atomic E-state index is -1.02. The van der Waals surface area contributed by atoms with Gasteiger partial charge in [0.2, 0.25) is 5.91 Å². The molecule has 17 heavy (non-hydrogen) atoms. The molecule has 0 radical (unpaired) electrons. The first-order valence-corrected chi connectivity index (χ1v) is 5.69. The highest BCUT2D eigenvalue weighted by atomic mass is 16.4. The molecule has 0 aromatic heterocycles. The van der Waals surface area contributed by atoms with Gasteiger partial charge in [-0.15, -0.1) is 0 Å². The van der Waals surface area contributed by atoms with Gasteiger partial charge in [-0.2, -0.15) is 0 Å². The Labute approximate surface area is 99.0 Å². The molecule has 1 amide bonds. The van der Waals surface area contributed by atoms with Gasteiger partial charge in [0.1, 0.15) is 0 Å². The number of aliphatic carboxylic acids is 2. The van der Waals surface area contributed by atoms with Crippen LogP contribution in [0.15, 0.2) is 0 Å². The van der Waals surface area contributed by atoms with Crippen molar-refractivity contribution in [3.63, 3.8) is 0 Å². The zero-order valence-electron chi connectivity index (χ0n) is 9.68. The van der Waals surface area contributed by atoms with Crippen molar-refractivity contribution >= 4 is 17.8 Å². The van der Waals surface area contributed by atoms with Crippen molar-refractivity contribution < 1.29 is 24.6 Å². The molecule has 0 bridgehead atoms. The Morgan fingerprint density at radius 2 is 1.41 bits per heavy atom. The van der Waals surface area contributed by atoms with E-state index in [1.54, 1.807) is 6.92 Å². The van der Waals surface area contributed by atoms with Gasteiger partial charge < -0.3 is 15.5 Å². The number of carbonyl (C=O) groups is 3. The summed E-state index contributed by atoms with van der Waals surface area (Å²) < 4.78 is 0. The lowest BCUT2D eigenvalue weighted by atomic mass is 9.75. The SMILES string of the molecule is CCNC(=O)C1C[C@@H](C(=O)O)C[C@@H](C(=O)O)C1. The fourth-order valence-electron chi connectivity index (χ4n) is 2.25. The van der Waals surface area contributed by atoms with Gasteiger partial charge >= 0.3 is 11.9 Å². The number of rotatable bonds is 4. The Morgan fingerprint density at radius 3 is 1.76 bits per heavy atom. The number of carboxylic acids is 2. The highest BCUT2D eigenvalue weighted by Gasteiger charge is 2.38. The third-order valence-corrected chi connectivity index (χ3v) is 3.13. The summed E-state index contributed by atoms with van der Waals surface area (Å²) in [6.45, 7) is 2.23. The first-order chi connectivity index (χ1) is 7.95. The van der Waals surface area contributed by atoms with Gasteiger partial charge in [0.05, 0.1) is 11.8 Å². The zero-order chi connectivity index (χ0) is 13.0. The average Bonchev–Trinajstić information content (AvgIpc) is 2.28. The topological polar surface area (TPSA) is 104 Å². The van der Waals surface area contributed by atoms with Crippen molar-refractivity contribution in [3.8, 4) is 0 Å². The second-order valence-corrected chi connectivity index (χ2v) is 4.37. The third kappa shape index (κ3) is 3.44. The van der Waals surface area contributed by atoms with Crippen LogP contribution in [0.3, 0.4) is 0 Å². The Kier molecular flexibility index (Phi) is 4.48. The molecule has 6 heteroatoms. The van der Waals surface area contributed by atoms with Crippen LogP contribution in [0.4, 0.5) is 0 Å². The summed E-state index contributed by atoms with van der Waals surface area (Å²) >= 11 is 0. The van der Waals surface area contributed by atoms with E-state index < -0.39 is 29.7 Å². The van der Waals surface area contributed by atoms with Gasteiger partial charge in [0, 0.05) is 12.5 Å². The number of hydrogen-bond acceptors (Lipinski definition) is 3. The van der Waals surface area contributed by atoms with Crippen LogP contribution in [-0.2, 0) is 14.4 Å². The molecule has 0 saturated heterocycles. The second kappa shape index (κ2) is 5.65. The second-order valence-electron chi connectivity index (χ2n) is 4.37. The number of amides is 1. The van der Waals surface area contributed by atoms with Gasteiger partial charge in [-0.25, -0.2) is 0 Å². The predicted octanol–water partition coefficient (Wildman–Crippen LogP) is 0.324. The molecule has 0 aromatic rings. The summed E-state index contributed by atoms with van der Waals surface area (Å²) in [5.41, 5.74) is 0. The van der Waals surface area contributed by atoms with Gasteiger partial charge in [0.25, 0.3) is 0 Å². The van der Waals surface area contributed by atoms with Gasteiger partial charge in [-0.1, -0.05) is 0 Å². The minimum Gasteiger partial charge on any atom is -0.481 e. The van der Waals surface area contributed by atoms with Crippen LogP contribution in [0.2, 0.25) is 0 Å². The molecule has 1 rings (SSSR count). The summed E-state index contributed by atoms with van der Waals surface area (Å²) in [7, 11) is 0. The maximum absolute atomic E-state index is 11.6. The van der Waals surface area contributed by atoms with Crippen molar-refractivity contribution in [1.29, 1.82) is 0 Å². The molecule has 0 aliphatic heterocycles. The van der Waals surface area contributed by atoms with Crippen LogP contribution in [0.1, 0.15) is 26.2 Å². The number of carboxylic acid groups (broad SMARTS) is 2. The number of hydrogen-bond donors (Lipinski definition) is 3. The van der Waals surface area contributed by atoms with E-state index in [-0.39, 0.29) is 25.2 Å². The van der Waals surface area contributed by atoms with E-state index in [0.29, 0.717) is 6.54 Å². The molecular weight excluding hydrogens is 226 g/mol. The largest absolute Gasteiger partial charge is 0.481 e. The van der Waals surface area contributed by atoms with E-state index in [2.05, 4.69) is 5.32 Å². The van der Waals surface area contributed by atoms with E-state index in [0.717, 1.165) is 0 Å². The molecule has 1 aliphatic carbocycles. The molecule has 3 N–H and O–H groups in total. The van der Waals surface area contributed by atoms with E-state index in [9.17, 15) is 14.4 Å². The minimum absolute atomic E-state index is 0.112. The quantitative estimate of drug-likeness (QED) is 0.660. The Hall–Kier alpha value is -1.59. The predicted molar refractivity (Wildman–Crippen MR) is 58.3 cm³/mol. The lowest BCUT2D eigenvalue weighted by molar-refractivity contribution is -0.150. The van der Waals surface area contributed by atoms with Gasteiger partial charge in [-0.3, -0.25) is 14.4 Å². The lowest BCUT2D eigenvalue weighted by Crippen LogP contribution is -2.39. The Bertz CT molecular complexity index is 306. The molecule has 0 aromatic carbocycles. The Morgan fingerprint density at radius 1 is 1.00 bits per heavy atom.